The van der Waals surface area contributed by atoms with E-state index in [0.717, 1.165) is 6.08 Å². The number of amides is 1. The molecule has 1 aromatic heterocycles. The van der Waals surface area contributed by atoms with Crippen LogP contribution in [0.3, 0.4) is 0 Å². The number of hydrogen-bond donors (Lipinski definition) is 1. The third-order valence-electron chi connectivity index (χ3n) is 2.14. The molecular weight excluding hydrogens is 242 g/mol. The summed E-state index contributed by atoms with van der Waals surface area (Å²) in [6.07, 6.45) is 1.33. The van der Waals surface area contributed by atoms with Gasteiger partial charge in [0, 0.05) is 12.5 Å². The summed E-state index contributed by atoms with van der Waals surface area (Å²) in [7, 11) is 1.50. The Bertz CT molecular complexity index is 415. The smallest absolute Gasteiger partial charge is 0.266 e. The third-order valence-corrected chi connectivity index (χ3v) is 2.14. The molecule has 6 heteroatoms. The number of unbranched alkanes of at least 4 members (excludes halogenated alkanes) is 1. The van der Waals surface area contributed by atoms with Crippen molar-refractivity contribution < 1.29 is 18.3 Å². The summed E-state index contributed by atoms with van der Waals surface area (Å²) in [6.45, 7) is 0. The summed E-state index contributed by atoms with van der Waals surface area (Å²) < 4.78 is 28.3. The van der Waals surface area contributed by atoms with Crippen LogP contribution < -0.4 is 10.1 Å². The fraction of sp³-hybridized carbons (Fsp3) is 0.333. The van der Waals surface area contributed by atoms with Gasteiger partial charge < -0.3 is 10.1 Å². The van der Waals surface area contributed by atoms with Crippen LogP contribution in [-0.2, 0) is 4.79 Å². The van der Waals surface area contributed by atoms with E-state index in [0.29, 0.717) is 18.0 Å². The first-order valence-electron chi connectivity index (χ1n) is 5.43. The van der Waals surface area contributed by atoms with Crippen LogP contribution >= 0.6 is 0 Å². The molecule has 0 fully saturated rings. The quantitative estimate of drug-likeness (QED) is 0.796. The first-order chi connectivity index (χ1) is 8.61. The maximum atomic E-state index is 11.7. The Balaban J connectivity index is 2.33. The van der Waals surface area contributed by atoms with E-state index < -0.39 is 6.08 Å². The monoisotopic (exact) mass is 256 g/mol. The number of methoxy groups -OCH3 is 1. The molecule has 0 unspecified atom stereocenters. The van der Waals surface area contributed by atoms with Crippen molar-refractivity contribution in [3.63, 3.8) is 0 Å². The largest absolute Gasteiger partial charge is 0.481 e. The molecule has 0 bridgehead atoms. The number of rotatable bonds is 6. The second-order valence-electron chi connectivity index (χ2n) is 3.52. The zero-order valence-electron chi connectivity index (χ0n) is 9.95. The number of pyridine rings is 1. The predicted octanol–water partition coefficient (Wildman–Crippen LogP) is 2.98. The SMILES string of the molecule is COc1ccc(NC(=O)CCCC=C(F)F)cn1. The standard InChI is InChI=1S/C12H14F2N2O2/c1-18-12-7-6-9(8-15-12)16-11(17)5-3-2-4-10(13)14/h4,6-8H,2-3,5H2,1H3,(H,16,17). The van der Waals surface area contributed by atoms with E-state index in [-0.39, 0.29) is 18.7 Å². The second kappa shape index (κ2) is 7.37. The topological polar surface area (TPSA) is 51.2 Å². The van der Waals surface area contributed by atoms with E-state index >= 15 is 0 Å². The highest BCUT2D eigenvalue weighted by Crippen LogP contribution is 2.12. The molecule has 1 amide bonds. The van der Waals surface area contributed by atoms with E-state index in [1.165, 1.54) is 13.3 Å². The molecule has 1 heterocycles. The van der Waals surface area contributed by atoms with Gasteiger partial charge in [0.1, 0.15) is 0 Å². The van der Waals surface area contributed by atoms with Gasteiger partial charge in [0.05, 0.1) is 19.0 Å². The van der Waals surface area contributed by atoms with Crippen molar-refractivity contribution in [2.45, 2.75) is 19.3 Å². The molecule has 0 radical (unpaired) electrons. The molecule has 98 valence electrons. The van der Waals surface area contributed by atoms with Crippen LogP contribution in [0.1, 0.15) is 19.3 Å². The molecule has 0 spiro atoms. The summed E-state index contributed by atoms with van der Waals surface area (Å²) in [5.41, 5.74) is 0.549. The summed E-state index contributed by atoms with van der Waals surface area (Å²) in [6, 6.07) is 3.28. The minimum absolute atomic E-state index is 0.190. The van der Waals surface area contributed by atoms with Gasteiger partial charge in [-0.15, -0.1) is 0 Å². The Morgan fingerprint density at radius 3 is 2.83 bits per heavy atom. The zero-order chi connectivity index (χ0) is 13.4. The molecular formula is C12H14F2N2O2. The lowest BCUT2D eigenvalue weighted by Gasteiger charge is -2.04. The van der Waals surface area contributed by atoms with E-state index in [1.807, 2.05) is 0 Å². The molecule has 0 saturated heterocycles. The Kier molecular flexibility index (Phi) is 5.76. The molecule has 1 aromatic rings. The van der Waals surface area contributed by atoms with Crippen LogP contribution in [0.15, 0.2) is 30.5 Å². The van der Waals surface area contributed by atoms with Gasteiger partial charge in [0.25, 0.3) is 6.08 Å². The number of allylic oxidation sites excluding steroid dienone is 1. The van der Waals surface area contributed by atoms with Gasteiger partial charge in [-0.2, -0.15) is 8.78 Å². The van der Waals surface area contributed by atoms with Crippen molar-refractivity contribution in [1.29, 1.82) is 0 Å². The third kappa shape index (κ3) is 5.38. The lowest BCUT2D eigenvalue weighted by Crippen LogP contribution is -2.11. The van der Waals surface area contributed by atoms with Crippen LogP contribution in [0.2, 0.25) is 0 Å². The molecule has 4 nitrogen and oxygen atoms in total. The Morgan fingerprint density at radius 2 is 2.28 bits per heavy atom. The van der Waals surface area contributed by atoms with Crippen molar-refractivity contribution in [3.8, 4) is 5.88 Å². The number of carbonyl (C=O) groups excluding carboxylic acids is 1. The van der Waals surface area contributed by atoms with Crippen molar-refractivity contribution in [2.24, 2.45) is 0 Å². The second-order valence-corrected chi connectivity index (χ2v) is 3.52. The molecule has 1 N–H and O–H groups in total. The van der Waals surface area contributed by atoms with Gasteiger partial charge in [0.2, 0.25) is 11.8 Å². The fourth-order valence-electron chi connectivity index (χ4n) is 1.27. The minimum Gasteiger partial charge on any atom is -0.481 e. The van der Waals surface area contributed by atoms with Crippen molar-refractivity contribution in [2.75, 3.05) is 12.4 Å². The van der Waals surface area contributed by atoms with Gasteiger partial charge in [-0.3, -0.25) is 4.79 Å². The van der Waals surface area contributed by atoms with Crippen molar-refractivity contribution in [3.05, 3.63) is 30.5 Å². The number of anilines is 1. The number of halogens is 2. The predicted molar refractivity (Wildman–Crippen MR) is 63.6 cm³/mol. The van der Waals surface area contributed by atoms with E-state index in [2.05, 4.69) is 10.3 Å². The average Bonchev–Trinajstić information content (AvgIpc) is 2.35. The highest BCUT2D eigenvalue weighted by molar-refractivity contribution is 5.90. The Morgan fingerprint density at radius 1 is 1.50 bits per heavy atom. The van der Waals surface area contributed by atoms with Crippen LogP contribution in [0.4, 0.5) is 14.5 Å². The molecule has 0 aliphatic carbocycles. The molecule has 0 aromatic carbocycles. The maximum Gasteiger partial charge on any atom is 0.266 e. The fourth-order valence-corrected chi connectivity index (χ4v) is 1.27. The lowest BCUT2D eigenvalue weighted by atomic mass is 10.2. The zero-order valence-corrected chi connectivity index (χ0v) is 9.95. The van der Waals surface area contributed by atoms with E-state index in [4.69, 9.17) is 4.74 Å². The van der Waals surface area contributed by atoms with Crippen LogP contribution in [0.5, 0.6) is 5.88 Å². The highest BCUT2D eigenvalue weighted by Gasteiger charge is 2.02. The normalized spacial score (nSPS) is 9.72. The first-order valence-corrected chi connectivity index (χ1v) is 5.43. The molecule has 1 rings (SSSR count). The first kappa shape index (κ1) is 14.1. The number of aromatic nitrogens is 1. The minimum atomic E-state index is -1.71. The lowest BCUT2D eigenvalue weighted by molar-refractivity contribution is -0.116. The van der Waals surface area contributed by atoms with Gasteiger partial charge in [-0.1, -0.05) is 0 Å². The Labute approximate surface area is 104 Å². The van der Waals surface area contributed by atoms with E-state index in [1.54, 1.807) is 12.1 Å². The van der Waals surface area contributed by atoms with Gasteiger partial charge in [0.15, 0.2) is 0 Å². The van der Waals surface area contributed by atoms with Gasteiger partial charge >= 0.3 is 0 Å². The van der Waals surface area contributed by atoms with Crippen LogP contribution in [-0.4, -0.2) is 18.0 Å². The summed E-state index contributed by atoms with van der Waals surface area (Å²) in [5, 5.41) is 2.62. The number of nitrogens with one attached hydrogen (secondary N) is 1. The number of ether oxygens (including phenoxy) is 1. The van der Waals surface area contributed by atoms with Crippen molar-refractivity contribution in [1.82, 2.24) is 4.98 Å². The Hall–Kier alpha value is -1.98. The molecule has 0 atom stereocenters. The molecule has 18 heavy (non-hydrogen) atoms. The molecule has 0 aliphatic rings. The number of carbonyl (C=O) groups is 1. The van der Waals surface area contributed by atoms with Gasteiger partial charge in [-0.25, -0.2) is 4.98 Å². The van der Waals surface area contributed by atoms with Gasteiger partial charge in [-0.05, 0) is 25.0 Å². The summed E-state index contributed by atoms with van der Waals surface area (Å²) >= 11 is 0. The summed E-state index contributed by atoms with van der Waals surface area (Å²) in [4.78, 5) is 15.4. The number of hydrogen-bond acceptors (Lipinski definition) is 3. The van der Waals surface area contributed by atoms with Crippen molar-refractivity contribution >= 4 is 11.6 Å². The van der Waals surface area contributed by atoms with Crippen LogP contribution in [0, 0.1) is 0 Å². The maximum absolute atomic E-state index is 11.7. The van der Waals surface area contributed by atoms with Crippen LogP contribution in [0.25, 0.3) is 0 Å². The highest BCUT2D eigenvalue weighted by atomic mass is 19.3. The number of nitrogens with zero attached hydrogens (tertiary/aromatic N) is 1. The average molecular weight is 256 g/mol. The summed E-state index contributed by atoms with van der Waals surface area (Å²) in [5.74, 6) is 0.228. The molecule has 0 saturated carbocycles. The van der Waals surface area contributed by atoms with E-state index in [9.17, 15) is 13.6 Å². The molecule has 0 aliphatic heterocycles.